The maximum atomic E-state index is 6.38. The summed E-state index contributed by atoms with van der Waals surface area (Å²) in [5, 5.41) is 2.09. The first kappa shape index (κ1) is 18.5. The summed E-state index contributed by atoms with van der Waals surface area (Å²) in [6, 6.07) is 9.81. The number of hydrogen-bond acceptors (Lipinski definition) is 5. The van der Waals surface area contributed by atoms with Crippen molar-refractivity contribution in [3.8, 4) is 11.4 Å². The lowest BCUT2D eigenvalue weighted by Gasteiger charge is -2.36. The number of benzene rings is 1. The molecule has 1 aliphatic heterocycles. The van der Waals surface area contributed by atoms with Gasteiger partial charge in [0.25, 0.3) is 0 Å². The van der Waals surface area contributed by atoms with Gasteiger partial charge in [0, 0.05) is 30.0 Å². The molecule has 0 amide bonds. The molecule has 25 heavy (non-hydrogen) atoms. The molecule has 2 heterocycles. The van der Waals surface area contributed by atoms with E-state index in [-0.39, 0.29) is 12.2 Å². The molecule has 4 nitrogen and oxygen atoms in total. The Morgan fingerprint density at radius 3 is 2.48 bits per heavy atom. The van der Waals surface area contributed by atoms with Gasteiger partial charge in [0.15, 0.2) is 5.82 Å². The molecule has 1 aromatic heterocycles. The molecule has 3 rings (SSSR count). The molecule has 0 N–H and O–H groups in total. The molecule has 0 spiro atoms. The van der Waals surface area contributed by atoms with Crippen LogP contribution in [-0.4, -0.2) is 40.5 Å². The monoisotopic (exact) mass is 377 g/mol. The zero-order chi connectivity index (χ0) is 18.0. The maximum Gasteiger partial charge on any atom is 0.164 e. The molecule has 1 fully saturated rings. The molecule has 1 saturated heterocycles. The van der Waals surface area contributed by atoms with Crippen LogP contribution < -0.4 is 4.90 Å². The molecular weight excluding hydrogens is 354 g/mol. The molecule has 1 aliphatic rings. The standard InChI is InChI=1S/C19H24ClN3OS/c1-12(2)25-18-9-17(23-10-13(3)24-14(4)11-23)21-19(22-18)15-7-5-6-8-16(15)20/h5-9,12-14H,10-11H2,1-4H3/t13-,14-/m1/s1. The van der Waals surface area contributed by atoms with Crippen LogP contribution in [0.3, 0.4) is 0 Å². The van der Waals surface area contributed by atoms with Crippen molar-refractivity contribution in [2.24, 2.45) is 0 Å². The second-order valence-corrected chi connectivity index (χ2v) is 8.70. The molecule has 2 aromatic rings. The Balaban J connectivity index is 2.02. The smallest absolute Gasteiger partial charge is 0.164 e. The van der Waals surface area contributed by atoms with Crippen LogP contribution in [0.25, 0.3) is 11.4 Å². The van der Waals surface area contributed by atoms with Crippen molar-refractivity contribution in [1.82, 2.24) is 9.97 Å². The van der Waals surface area contributed by atoms with Crippen LogP contribution in [0.1, 0.15) is 27.7 Å². The van der Waals surface area contributed by atoms with E-state index in [0.717, 1.165) is 29.5 Å². The second kappa shape index (κ2) is 7.94. The van der Waals surface area contributed by atoms with Gasteiger partial charge in [-0.1, -0.05) is 37.6 Å². The third-order valence-corrected chi connectivity index (χ3v) is 5.16. The van der Waals surface area contributed by atoms with Gasteiger partial charge in [-0.25, -0.2) is 9.97 Å². The Kier molecular flexibility index (Phi) is 5.87. The minimum absolute atomic E-state index is 0.184. The van der Waals surface area contributed by atoms with Gasteiger partial charge in [0.2, 0.25) is 0 Å². The molecule has 0 bridgehead atoms. The zero-order valence-corrected chi connectivity index (χ0v) is 16.6. The van der Waals surface area contributed by atoms with Crippen molar-refractivity contribution in [2.75, 3.05) is 18.0 Å². The predicted octanol–water partition coefficient (Wildman–Crippen LogP) is 4.91. The highest BCUT2D eigenvalue weighted by Crippen LogP contribution is 2.31. The van der Waals surface area contributed by atoms with Crippen LogP contribution in [-0.2, 0) is 4.74 Å². The summed E-state index contributed by atoms with van der Waals surface area (Å²) in [7, 11) is 0. The zero-order valence-electron chi connectivity index (χ0n) is 15.1. The Labute approximate surface area is 159 Å². The number of aromatic nitrogens is 2. The summed E-state index contributed by atoms with van der Waals surface area (Å²) >= 11 is 8.12. The number of nitrogens with zero attached hydrogens (tertiary/aromatic N) is 3. The van der Waals surface area contributed by atoms with Crippen molar-refractivity contribution in [3.63, 3.8) is 0 Å². The highest BCUT2D eigenvalue weighted by Gasteiger charge is 2.24. The van der Waals surface area contributed by atoms with Crippen LogP contribution in [0.4, 0.5) is 5.82 Å². The largest absolute Gasteiger partial charge is 0.372 e. The van der Waals surface area contributed by atoms with Gasteiger partial charge >= 0.3 is 0 Å². The fraction of sp³-hybridized carbons (Fsp3) is 0.474. The first-order valence-electron chi connectivity index (χ1n) is 8.63. The Bertz CT molecular complexity index is 730. The van der Waals surface area contributed by atoms with Gasteiger partial charge in [-0.05, 0) is 26.0 Å². The summed E-state index contributed by atoms with van der Waals surface area (Å²) in [6.45, 7) is 10.2. The average molecular weight is 378 g/mol. The molecule has 0 saturated carbocycles. The van der Waals surface area contributed by atoms with Crippen LogP contribution in [0, 0.1) is 0 Å². The van der Waals surface area contributed by atoms with E-state index in [4.69, 9.17) is 26.3 Å². The van der Waals surface area contributed by atoms with Gasteiger partial charge in [-0.15, -0.1) is 11.8 Å². The molecule has 0 radical (unpaired) electrons. The Morgan fingerprint density at radius 2 is 1.84 bits per heavy atom. The van der Waals surface area contributed by atoms with E-state index in [1.807, 2.05) is 24.3 Å². The van der Waals surface area contributed by atoms with E-state index in [1.54, 1.807) is 11.8 Å². The third-order valence-electron chi connectivity index (χ3n) is 3.90. The lowest BCUT2D eigenvalue weighted by Crippen LogP contribution is -2.45. The summed E-state index contributed by atoms with van der Waals surface area (Å²) in [4.78, 5) is 11.9. The molecule has 6 heteroatoms. The van der Waals surface area contributed by atoms with Crippen molar-refractivity contribution in [2.45, 2.75) is 50.2 Å². The van der Waals surface area contributed by atoms with Crippen molar-refractivity contribution < 1.29 is 4.74 Å². The van der Waals surface area contributed by atoms with E-state index >= 15 is 0 Å². The first-order chi connectivity index (χ1) is 11.9. The van der Waals surface area contributed by atoms with Gasteiger partial charge in [0.1, 0.15) is 10.8 Å². The maximum absolute atomic E-state index is 6.38. The second-order valence-electron chi connectivity index (χ2n) is 6.70. The number of morpholine rings is 1. The van der Waals surface area contributed by atoms with E-state index in [1.165, 1.54) is 0 Å². The minimum Gasteiger partial charge on any atom is -0.372 e. The van der Waals surface area contributed by atoms with Gasteiger partial charge < -0.3 is 9.64 Å². The number of thioether (sulfide) groups is 1. The number of anilines is 1. The van der Waals surface area contributed by atoms with Gasteiger partial charge in [-0.2, -0.15) is 0 Å². The van der Waals surface area contributed by atoms with E-state index in [9.17, 15) is 0 Å². The van der Waals surface area contributed by atoms with Crippen molar-refractivity contribution in [3.05, 3.63) is 35.4 Å². The predicted molar refractivity (Wildman–Crippen MR) is 106 cm³/mol. The number of rotatable bonds is 4. The van der Waals surface area contributed by atoms with E-state index in [2.05, 4.69) is 38.7 Å². The summed E-state index contributed by atoms with van der Waals surface area (Å²) in [5.74, 6) is 1.62. The molecule has 2 atom stereocenters. The van der Waals surface area contributed by atoms with E-state index in [0.29, 0.717) is 16.1 Å². The fourth-order valence-electron chi connectivity index (χ4n) is 3.00. The quantitative estimate of drug-likeness (QED) is 0.559. The highest BCUT2D eigenvalue weighted by molar-refractivity contribution is 7.99. The normalized spacial score (nSPS) is 21.0. The van der Waals surface area contributed by atoms with Crippen LogP contribution in [0.15, 0.2) is 35.4 Å². The molecule has 1 aromatic carbocycles. The van der Waals surface area contributed by atoms with Crippen molar-refractivity contribution in [1.29, 1.82) is 0 Å². The summed E-state index contributed by atoms with van der Waals surface area (Å²) in [6.07, 6.45) is 0.368. The number of hydrogen-bond donors (Lipinski definition) is 0. The molecular formula is C19H24ClN3OS. The molecule has 0 unspecified atom stereocenters. The lowest BCUT2D eigenvalue weighted by molar-refractivity contribution is -0.00547. The Morgan fingerprint density at radius 1 is 1.16 bits per heavy atom. The van der Waals surface area contributed by atoms with E-state index < -0.39 is 0 Å². The highest BCUT2D eigenvalue weighted by atomic mass is 35.5. The SMILES string of the molecule is CC(C)Sc1cc(N2C[C@@H](C)O[C@H](C)C2)nc(-c2ccccc2Cl)n1. The molecule has 134 valence electrons. The third kappa shape index (κ3) is 4.66. The van der Waals surface area contributed by atoms with Crippen LogP contribution >= 0.6 is 23.4 Å². The lowest BCUT2D eigenvalue weighted by atomic mass is 10.2. The Hall–Kier alpha value is -1.30. The fourth-order valence-corrected chi connectivity index (χ4v) is 4.02. The molecule has 0 aliphatic carbocycles. The van der Waals surface area contributed by atoms with Gasteiger partial charge in [0.05, 0.1) is 17.2 Å². The van der Waals surface area contributed by atoms with Crippen molar-refractivity contribution >= 4 is 29.2 Å². The average Bonchev–Trinajstić information content (AvgIpc) is 2.53. The van der Waals surface area contributed by atoms with Crippen LogP contribution in [0.2, 0.25) is 5.02 Å². The first-order valence-corrected chi connectivity index (χ1v) is 9.89. The summed E-state index contributed by atoms with van der Waals surface area (Å²) < 4.78 is 5.86. The topological polar surface area (TPSA) is 38.2 Å². The minimum atomic E-state index is 0.184. The summed E-state index contributed by atoms with van der Waals surface area (Å²) in [5.41, 5.74) is 0.867. The number of halogens is 1. The number of ether oxygens (including phenoxy) is 1. The van der Waals surface area contributed by atoms with Gasteiger partial charge in [-0.3, -0.25) is 0 Å². The van der Waals surface area contributed by atoms with Crippen LogP contribution in [0.5, 0.6) is 0 Å².